The topological polar surface area (TPSA) is 48.5 Å². The van der Waals surface area contributed by atoms with Crippen LogP contribution < -0.4 is 0 Å². The van der Waals surface area contributed by atoms with Crippen molar-refractivity contribution in [2.45, 2.75) is 111 Å². The predicted molar refractivity (Wildman–Crippen MR) is 285 cm³/mol. The van der Waals surface area contributed by atoms with Gasteiger partial charge in [0.05, 0.1) is 33.4 Å². The maximum Gasteiger partial charge on any atom is 0.420 e. The molecule has 3 aromatic heterocycles. The summed E-state index contributed by atoms with van der Waals surface area (Å²) < 4.78 is 54.7. The summed E-state index contributed by atoms with van der Waals surface area (Å²) in [5.74, 6) is 1.07. The van der Waals surface area contributed by atoms with E-state index in [0.29, 0.717) is 39.3 Å². The maximum atomic E-state index is 17.0. The Morgan fingerprint density at radius 2 is 0.600 bits per heavy atom. The number of hydrogen-bond donors (Lipinski definition) is 0. The number of aromatic nitrogens is 5. The van der Waals surface area contributed by atoms with E-state index in [-0.39, 0.29) is 38.9 Å². The lowest BCUT2D eigenvalue weighted by molar-refractivity contribution is -0.137. The second-order valence-corrected chi connectivity index (χ2v) is 23.0. The molecule has 0 unspecified atom stereocenters. The minimum atomic E-state index is -4.84. The fourth-order valence-corrected chi connectivity index (χ4v) is 9.75. The largest absolute Gasteiger partial charge is 0.420 e. The van der Waals surface area contributed by atoms with E-state index in [1.807, 2.05) is 94.1 Å². The molecule has 0 saturated carbocycles. The van der Waals surface area contributed by atoms with E-state index in [1.165, 1.54) is 0 Å². The molecule has 10 rings (SSSR count). The normalized spacial score (nSPS) is 13.1. The summed E-state index contributed by atoms with van der Waals surface area (Å²) in [6, 6.07) is 47.4. The first-order chi connectivity index (χ1) is 32.9. The number of halogens is 3. The van der Waals surface area contributed by atoms with Crippen molar-refractivity contribution in [3.05, 3.63) is 173 Å². The van der Waals surface area contributed by atoms with Crippen molar-refractivity contribution in [1.82, 2.24) is 24.1 Å². The summed E-state index contributed by atoms with van der Waals surface area (Å²) in [6.07, 6.45) is -4.84. The Hall–Kier alpha value is -7.06. The molecule has 354 valence electrons. The van der Waals surface area contributed by atoms with E-state index < -0.39 is 11.7 Å². The van der Waals surface area contributed by atoms with Crippen molar-refractivity contribution in [3.63, 3.8) is 0 Å². The second kappa shape index (κ2) is 16.3. The Bertz CT molecular complexity index is 3290. The molecule has 0 fully saturated rings. The van der Waals surface area contributed by atoms with Crippen LogP contribution in [0.5, 0.6) is 0 Å². The highest BCUT2D eigenvalue weighted by Crippen LogP contribution is 2.48. The zero-order valence-corrected chi connectivity index (χ0v) is 42.2. The molecule has 5 nitrogen and oxygen atoms in total. The summed E-state index contributed by atoms with van der Waals surface area (Å²) in [4.78, 5) is 15.2. The third-order valence-electron chi connectivity index (χ3n) is 13.8. The first kappa shape index (κ1) is 46.7. The highest BCUT2D eigenvalue weighted by Gasteiger charge is 2.40. The highest BCUT2D eigenvalue weighted by molar-refractivity contribution is 6.12. The van der Waals surface area contributed by atoms with Crippen LogP contribution in [0.15, 0.2) is 146 Å². The van der Waals surface area contributed by atoms with Crippen LogP contribution in [0.1, 0.15) is 111 Å². The van der Waals surface area contributed by atoms with Crippen LogP contribution in [0, 0.1) is 0 Å². The van der Waals surface area contributed by atoms with Gasteiger partial charge in [0, 0.05) is 38.2 Å². The lowest BCUT2D eigenvalue weighted by atomic mass is 9.85. The van der Waals surface area contributed by atoms with Gasteiger partial charge in [-0.05, 0) is 105 Å². The number of benzene rings is 7. The number of alkyl halides is 3. The van der Waals surface area contributed by atoms with Gasteiger partial charge in [0.25, 0.3) is 0 Å². The molecule has 0 N–H and O–H groups in total. The van der Waals surface area contributed by atoms with E-state index in [0.717, 1.165) is 54.9 Å². The lowest BCUT2D eigenvalue weighted by Gasteiger charge is -2.24. The van der Waals surface area contributed by atoms with Crippen LogP contribution in [-0.4, -0.2) is 24.1 Å². The lowest BCUT2D eigenvalue weighted by Crippen LogP contribution is -2.17. The molecule has 8 heteroatoms. The standard InChI is InChI=1S/C62H60F3N5/c1-58(2,3)40-23-27-48-44(33-40)45-34-41(59(4,5)6)24-28-49(45)69(48)52-31-39(57-67-55(37-19-15-13-16-20-37)66-56(68-57)38-21-17-14-18-22-38)32-53(54(52)62(63,64)65)70-50-29-25-42(60(7,8)9)35-46(50)47-36-43(61(10,11)12)26-30-51(47)70/h13-36H,1-12H3. The van der Waals surface area contributed by atoms with Gasteiger partial charge in [0.1, 0.15) is 5.56 Å². The zero-order valence-electron chi connectivity index (χ0n) is 42.2. The molecule has 3 heterocycles. The fourth-order valence-electron chi connectivity index (χ4n) is 9.75. The van der Waals surface area contributed by atoms with Gasteiger partial charge in [-0.15, -0.1) is 0 Å². The fraction of sp³-hybridized carbons (Fsp3) is 0.274. The van der Waals surface area contributed by atoms with Gasteiger partial charge in [-0.2, -0.15) is 13.2 Å². The van der Waals surface area contributed by atoms with Crippen molar-refractivity contribution in [2.24, 2.45) is 0 Å². The summed E-state index contributed by atoms with van der Waals surface area (Å²) in [7, 11) is 0. The number of rotatable bonds is 5. The Labute approximate surface area is 409 Å². The minimum absolute atomic E-state index is 0.0254. The average Bonchev–Trinajstić information content (AvgIpc) is 3.81. The van der Waals surface area contributed by atoms with E-state index >= 15 is 13.2 Å². The van der Waals surface area contributed by atoms with Gasteiger partial charge in [0.2, 0.25) is 0 Å². The number of nitrogens with zero attached hydrogens (tertiary/aromatic N) is 5. The smallest absolute Gasteiger partial charge is 0.309 e. The average molecular weight is 932 g/mol. The van der Waals surface area contributed by atoms with Gasteiger partial charge >= 0.3 is 6.18 Å². The molecule has 0 bridgehead atoms. The maximum absolute atomic E-state index is 17.0. The van der Waals surface area contributed by atoms with Gasteiger partial charge in [-0.1, -0.05) is 168 Å². The van der Waals surface area contributed by atoms with Gasteiger partial charge in [0.15, 0.2) is 17.5 Å². The Morgan fingerprint density at radius 1 is 0.329 bits per heavy atom. The summed E-state index contributed by atoms with van der Waals surface area (Å²) in [5.41, 5.74) is 7.29. The molecule has 0 spiro atoms. The first-order valence-corrected chi connectivity index (χ1v) is 24.2. The van der Waals surface area contributed by atoms with Crippen LogP contribution in [0.3, 0.4) is 0 Å². The highest BCUT2D eigenvalue weighted by atomic mass is 19.4. The van der Waals surface area contributed by atoms with Crippen molar-refractivity contribution in [1.29, 1.82) is 0 Å². The third-order valence-corrected chi connectivity index (χ3v) is 13.8. The SMILES string of the molecule is CC(C)(C)c1ccc2c(c1)c1cc(C(C)(C)C)ccc1n2-c1cc(-c2nc(-c3ccccc3)nc(-c3ccccc3)n2)cc(-n2c3ccc(C(C)(C)C)cc3c3cc(C(C)(C)C)ccc32)c1C(F)(F)F. The summed E-state index contributed by atoms with van der Waals surface area (Å²) in [5, 5.41) is 3.53. The zero-order chi connectivity index (χ0) is 49.9. The third kappa shape index (κ3) is 8.25. The molecule has 0 atom stereocenters. The molecule has 0 aliphatic carbocycles. The van der Waals surface area contributed by atoms with E-state index in [9.17, 15) is 0 Å². The van der Waals surface area contributed by atoms with Crippen molar-refractivity contribution < 1.29 is 13.2 Å². The van der Waals surface area contributed by atoms with Crippen LogP contribution in [0.4, 0.5) is 13.2 Å². The van der Waals surface area contributed by atoms with E-state index in [1.54, 1.807) is 12.1 Å². The van der Waals surface area contributed by atoms with Gasteiger partial charge in [-0.3, -0.25) is 0 Å². The van der Waals surface area contributed by atoms with Gasteiger partial charge < -0.3 is 9.13 Å². The van der Waals surface area contributed by atoms with Crippen molar-refractivity contribution in [3.8, 4) is 45.5 Å². The molecule has 7 aromatic carbocycles. The Kier molecular flexibility index (Phi) is 10.8. The number of fused-ring (bicyclic) bond motifs is 6. The molecule has 70 heavy (non-hydrogen) atoms. The molecule has 0 radical (unpaired) electrons. The molecule has 10 aromatic rings. The van der Waals surface area contributed by atoms with Crippen LogP contribution >= 0.6 is 0 Å². The Morgan fingerprint density at radius 3 is 0.857 bits per heavy atom. The molecule has 0 aliphatic heterocycles. The first-order valence-electron chi connectivity index (χ1n) is 24.2. The quantitative estimate of drug-likeness (QED) is 0.173. The minimum Gasteiger partial charge on any atom is -0.309 e. The van der Waals surface area contributed by atoms with Crippen LogP contribution in [-0.2, 0) is 27.8 Å². The summed E-state index contributed by atoms with van der Waals surface area (Å²) in [6.45, 7) is 25.9. The molecular formula is C62H60F3N5. The van der Waals surface area contributed by atoms with Gasteiger partial charge in [-0.25, -0.2) is 15.0 Å². The van der Waals surface area contributed by atoms with E-state index in [2.05, 4.69) is 132 Å². The van der Waals surface area contributed by atoms with Crippen molar-refractivity contribution in [2.75, 3.05) is 0 Å². The van der Waals surface area contributed by atoms with Crippen molar-refractivity contribution >= 4 is 43.6 Å². The summed E-state index contributed by atoms with van der Waals surface area (Å²) >= 11 is 0. The Balaban J connectivity index is 1.41. The molecule has 0 amide bonds. The molecule has 0 saturated heterocycles. The number of hydrogen-bond acceptors (Lipinski definition) is 3. The molecular weight excluding hydrogens is 872 g/mol. The predicted octanol–water partition coefficient (Wildman–Crippen LogP) is 17.3. The monoisotopic (exact) mass is 931 g/mol. The molecule has 0 aliphatic rings. The second-order valence-electron chi connectivity index (χ2n) is 23.0. The van der Waals surface area contributed by atoms with Crippen LogP contribution in [0.25, 0.3) is 89.2 Å². The van der Waals surface area contributed by atoms with E-state index in [4.69, 9.17) is 15.0 Å². The van der Waals surface area contributed by atoms with Crippen LogP contribution in [0.2, 0.25) is 0 Å².